The number of fused-ring (bicyclic) bond motifs is 1. The van der Waals surface area contributed by atoms with Gasteiger partial charge in [-0.2, -0.15) is 0 Å². The zero-order valence-corrected chi connectivity index (χ0v) is 11.8. The average molecular weight is 355 g/mol. The topological polar surface area (TPSA) is 0 Å². The van der Waals surface area contributed by atoms with Gasteiger partial charge in [-0.1, -0.05) is 0 Å². The molecule has 17 heavy (non-hydrogen) atoms. The van der Waals surface area contributed by atoms with E-state index in [9.17, 15) is 4.39 Å². The van der Waals surface area contributed by atoms with E-state index < -0.39 is 0 Å². The number of halogens is 2. The van der Waals surface area contributed by atoms with Crippen molar-refractivity contribution < 1.29 is 4.39 Å². The maximum atomic E-state index is 13.1. The van der Waals surface area contributed by atoms with Crippen LogP contribution in [0, 0.1) is 9.39 Å². The van der Waals surface area contributed by atoms with E-state index in [1.54, 1.807) is 12.1 Å². The van der Waals surface area contributed by atoms with Gasteiger partial charge >= 0.3 is 0 Å². The highest BCUT2D eigenvalue weighted by molar-refractivity contribution is 14.1. The number of thiophene rings is 1. The lowest BCUT2D eigenvalue weighted by molar-refractivity contribution is 0.630. The summed E-state index contributed by atoms with van der Waals surface area (Å²) in [6.45, 7) is 0. The largest absolute Gasteiger partial charge is 0.207 e. The van der Waals surface area contributed by atoms with Gasteiger partial charge in [0.1, 0.15) is 11.2 Å². The van der Waals surface area contributed by atoms with E-state index in [1.807, 2.05) is 12.1 Å². The molecule has 0 fully saturated rings. The highest BCUT2D eigenvalue weighted by Crippen LogP contribution is 2.39. The summed E-state index contributed by atoms with van der Waals surface area (Å²) < 4.78 is 15.6. The van der Waals surface area contributed by atoms with Crippen molar-refractivity contribution in [2.24, 2.45) is 0 Å². The number of hydrogen-bond donors (Lipinski definition) is 0. The summed E-state index contributed by atoms with van der Waals surface area (Å²) in [5.74, 6) is -0.165. The van der Waals surface area contributed by atoms with E-state index in [1.165, 1.54) is 13.2 Å². The number of hydrogen-bond acceptors (Lipinski definition) is 0. The Balaban J connectivity index is 2.21. The molecule has 0 N–H and O–H groups in total. The first-order valence-electron chi connectivity index (χ1n) is 5.20. The first-order chi connectivity index (χ1) is 8.24. The fraction of sp³-hybridized carbons (Fsp3) is 0. The van der Waals surface area contributed by atoms with Gasteiger partial charge in [-0.05, 0) is 59.0 Å². The second kappa shape index (κ2) is 4.38. The van der Waals surface area contributed by atoms with Crippen LogP contribution in [0.5, 0.6) is 0 Å². The third-order valence-electron chi connectivity index (χ3n) is 2.66. The van der Waals surface area contributed by atoms with Crippen LogP contribution in [-0.2, 0) is 0 Å². The first kappa shape index (κ1) is 11.2. The zero-order chi connectivity index (χ0) is 11.8. The predicted molar refractivity (Wildman–Crippen MR) is 80.4 cm³/mol. The molecule has 3 heteroatoms. The second-order valence-electron chi connectivity index (χ2n) is 3.78. The summed E-state index contributed by atoms with van der Waals surface area (Å²) in [5, 5.41) is 3.17. The van der Waals surface area contributed by atoms with Crippen molar-refractivity contribution >= 4 is 43.1 Å². The Labute approximate surface area is 115 Å². The SMILES string of the molecule is Fc1ccc2c(cc[s+]2-c2ccc(I)cc2)c1. The van der Waals surface area contributed by atoms with E-state index in [-0.39, 0.29) is 16.3 Å². The summed E-state index contributed by atoms with van der Waals surface area (Å²) >= 11 is 2.30. The Morgan fingerprint density at radius 2 is 1.71 bits per heavy atom. The van der Waals surface area contributed by atoms with E-state index in [0.29, 0.717) is 0 Å². The van der Waals surface area contributed by atoms with Crippen molar-refractivity contribution in [2.45, 2.75) is 0 Å². The second-order valence-corrected chi connectivity index (χ2v) is 6.88. The molecule has 1 unspecified atom stereocenters. The van der Waals surface area contributed by atoms with Gasteiger partial charge in [-0.15, -0.1) is 0 Å². The van der Waals surface area contributed by atoms with E-state index >= 15 is 0 Å². The molecule has 0 amide bonds. The molecule has 0 aliphatic rings. The number of rotatable bonds is 1. The van der Waals surface area contributed by atoms with Gasteiger partial charge in [-0.25, -0.2) is 4.39 Å². The lowest BCUT2D eigenvalue weighted by Gasteiger charge is -1.92. The van der Waals surface area contributed by atoms with Crippen LogP contribution in [0.2, 0.25) is 0 Å². The lowest BCUT2D eigenvalue weighted by Crippen LogP contribution is -1.73. The fourth-order valence-corrected chi connectivity index (χ4v) is 4.08. The molecule has 1 heterocycles. The van der Waals surface area contributed by atoms with E-state index in [2.05, 4.69) is 52.2 Å². The minimum Gasteiger partial charge on any atom is -0.207 e. The van der Waals surface area contributed by atoms with Gasteiger partial charge in [0, 0.05) is 31.6 Å². The van der Waals surface area contributed by atoms with E-state index in [0.717, 1.165) is 5.39 Å². The molecule has 0 saturated heterocycles. The molecule has 0 bridgehead atoms. The van der Waals surface area contributed by atoms with Crippen molar-refractivity contribution in [1.82, 2.24) is 0 Å². The maximum absolute atomic E-state index is 13.1. The molecule has 1 aromatic heterocycles. The van der Waals surface area contributed by atoms with Crippen molar-refractivity contribution in [2.75, 3.05) is 0 Å². The molecule has 3 rings (SSSR count). The van der Waals surface area contributed by atoms with Crippen molar-refractivity contribution in [3.8, 4) is 4.90 Å². The molecular weight excluding hydrogens is 346 g/mol. The minimum atomic E-state index is -0.165. The standard InChI is InChI=1S/C14H9FIS/c15-11-1-6-14-10(9-11)7-8-17(14)13-4-2-12(16)3-5-13/h1-9H/q+1. The summed E-state index contributed by atoms with van der Waals surface area (Å²) in [6, 6.07) is 15.6. The van der Waals surface area contributed by atoms with Crippen LogP contribution < -0.4 is 0 Å². The maximum Gasteiger partial charge on any atom is 0.186 e. The molecule has 0 nitrogen and oxygen atoms in total. The molecule has 0 aliphatic heterocycles. The van der Waals surface area contributed by atoms with Gasteiger partial charge in [0.2, 0.25) is 0 Å². The quantitative estimate of drug-likeness (QED) is 0.409. The average Bonchev–Trinajstić information content (AvgIpc) is 2.73. The zero-order valence-electron chi connectivity index (χ0n) is 8.86. The molecule has 0 spiro atoms. The Morgan fingerprint density at radius 3 is 2.47 bits per heavy atom. The monoisotopic (exact) mass is 355 g/mol. The van der Waals surface area contributed by atoms with Crippen LogP contribution in [0.4, 0.5) is 4.39 Å². The highest BCUT2D eigenvalue weighted by atomic mass is 127. The Hall–Kier alpha value is -0.940. The van der Waals surface area contributed by atoms with E-state index in [4.69, 9.17) is 0 Å². The minimum absolute atomic E-state index is 0.0327. The van der Waals surface area contributed by atoms with Crippen LogP contribution in [0.3, 0.4) is 0 Å². The molecular formula is C14H9FIS+. The van der Waals surface area contributed by atoms with Crippen molar-refractivity contribution in [3.05, 3.63) is 63.3 Å². The van der Waals surface area contributed by atoms with Gasteiger partial charge in [0.25, 0.3) is 0 Å². The number of benzene rings is 2. The van der Waals surface area contributed by atoms with Crippen molar-refractivity contribution in [1.29, 1.82) is 0 Å². The lowest BCUT2D eigenvalue weighted by atomic mass is 10.3. The molecule has 0 radical (unpaired) electrons. The van der Waals surface area contributed by atoms with Crippen LogP contribution in [0.15, 0.2) is 53.9 Å². The molecule has 1 atom stereocenters. The highest BCUT2D eigenvalue weighted by Gasteiger charge is 2.15. The third kappa shape index (κ3) is 2.09. The smallest absolute Gasteiger partial charge is 0.186 e. The van der Waals surface area contributed by atoms with Crippen LogP contribution in [0.25, 0.3) is 15.0 Å². The Bertz CT molecular complexity index is 670. The van der Waals surface area contributed by atoms with Gasteiger partial charge in [-0.3, -0.25) is 0 Å². The van der Waals surface area contributed by atoms with Gasteiger partial charge in [0.15, 0.2) is 9.60 Å². The van der Waals surface area contributed by atoms with Gasteiger partial charge in [0.05, 0.1) is 0 Å². The van der Waals surface area contributed by atoms with Crippen LogP contribution >= 0.6 is 33.1 Å². The van der Waals surface area contributed by atoms with Crippen LogP contribution in [-0.4, -0.2) is 0 Å². The molecule has 3 aromatic rings. The van der Waals surface area contributed by atoms with Crippen molar-refractivity contribution in [3.63, 3.8) is 0 Å². The summed E-state index contributed by atoms with van der Waals surface area (Å²) in [4.78, 5) is 1.28. The first-order valence-corrected chi connectivity index (χ1v) is 7.57. The third-order valence-corrected chi connectivity index (χ3v) is 5.41. The Kier molecular flexibility index (Phi) is 2.88. The van der Waals surface area contributed by atoms with Gasteiger partial charge < -0.3 is 0 Å². The molecule has 84 valence electrons. The Morgan fingerprint density at radius 1 is 0.941 bits per heavy atom. The predicted octanol–water partition coefficient (Wildman–Crippen LogP) is 5.32. The molecule has 0 aliphatic carbocycles. The summed E-state index contributed by atoms with van der Waals surface area (Å²) in [7, 11) is -0.0327. The summed E-state index contributed by atoms with van der Waals surface area (Å²) in [6.07, 6.45) is 0. The fourth-order valence-electron chi connectivity index (χ4n) is 1.85. The van der Waals surface area contributed by atoms with Crippen LogP contribution in [0.1, 0.15) is 0 Å². The summed E-state index contributed by atoms with van der Waals surface area (Å²) in [5.41, 5.74) is 0. The molecule has 0 saturated carbocycles. The normalized spacial score (nSPS) is 12.0. The molecule has 2 aromatic carbocycles.